The van der Waals surface area contributed by atoms with E-state index in [1.54, 1.807) is 7.11 Å². The molecule has 0 bridgehead atoms. The minimum atomic E-state index is -0.513. The van der Waals surface area contributed by atoms with Crippen molar-refractivity contribution < 1.29 is 9.66 Å². The van der Waals surface area contributed by atoms with E-state index >= 15 is 0 Å². The lowest BCUT2D eigenvalue weighted by Gasteiger charge is -2.02. The molecular weight excluding hydrogens is 196 g/mol. The third kappa shape index (κ3) is 4.12. The third-order valence-corrected chi connectivity index (χ3v) is 1.78. The molecule has 0 unspecified atom stereocenters. The SMILES string of the molecule is COc1ccc(CNC=C[N+](=O)[O-])cc1. The van der Waals surface area contributed by atoms with Crippen LogP contribution < -0.4 is 10.1 Å². The largest absolute Gasteiger partial charge is 0.497 e. The van der Waals surface area contributed by atoms with Gasteiger partial charge in [-0.05, 0) is 17.7 Å². The fourth-order valence-corrected chi connectivity index (χ4v) is 1.03. The Labute approximate surface area is 87.5 Å². The summed E-state index contributed by atoms with van der Waals surface area (Å²) in [6.07, 6.45) is 2.17. The summed E-state index contributed by atoms with van der Waals surface area (Å²) in [6, 6.07) is 7.47. The average Bonchev–Trinajstić information content (AvgIpc) is 2.25. The van der Waals surface area contributed by atoms with Crippen molar-refractivity contribution in [2.24, 2.45) is 0 Å². The monoisotopic (exact) mass is 208 g/mol. The second-order valence-corrected chi connectivity index (χ2v) is 2.83. The first kappa shape index (κ1) is 11.0. The number of ether oxygens (including phenoxy) is 1. The molecule has 1 aromatic rings. The maximum Gasteiger partial charge on any atom is 0.249 e. The molecule has 0 saturated carbocycles. The molecule has 0 aliphatic rings. The number of nitro groups is 1. The van der Waals surface area contributed by atoms with Crippen LogP contribution in [0.3, 0.4) is 0 Å². The first-order valence-electron chi connectivity index (χ1n) is 4.39. The first-order valence-corrected chi connectivity index (χ1v) is 4.39. The Balaban J connectivity index is 2.41. The molecule has 0 saturated heterocycles. The van der Waals surface area contributed by atoms with Gasteiger partial charge in [0.25, 0.3) is 0 Å². The molecule has 0 radical (unpaired) electrons. The van der Waals surface area contributed by atoms with Crippen LogP contribution >= 0.6 is 0 Å². The summed E-state index contributed by atoms with van der Waals surface area (Å²) in [6.45, 7) is 0.550. The number of rotatable bonds is 5. The second kappa shape index (κ2) is 5.64. The van der Waals surface area contributed by atoms with Crippen molar-refractivity contribution in [2.45, 2.75) is 6.54 Å². The second-order valence-electron chi connectivity index (χ2n) is 2.83. The van der Waals surface area contributed by atoms with Gasteiger partial charge in [0, 0.05) is 6.54 Å². The molecule has 80 valence electrons. The van der Waals surface area contributed by atoms with Crippen LogP contribution in [-0.2, 0) is 6.54 Å². The number of hydrogen-bond acceptors (Lipinski definition) is 4. The minimum absolute atomic E-state index is 0.513. The summed E-state index contributed by atoms with van der Waals surface area (Å²) in [5, 5.41) is 12.8. The highest BCUT2D eigenvalue weighted by Crippen LogP contribution is 2.10. The minimum Gasteiger partial charge on any atom is -0.497 e. The molecule has 1 aromatic carbocycles. The Bertz CT molecular complexity index is 346. The van der Waals surface area contributed by atoms with E-state index in [1.807, 2.05) is 24.3 Å². The van der Waals surface area contributed by atoms with Crippen molar-refractivity contribution in [2.75, 3.05) is 7.11 Å². The lowest BCUT2D eigenvalue weighted by atomic mass is 10.2. The summed E-state index contributed by atoms with van der Waals surface area (Å²) in [4.78, 5) is 9.44. The molecule has 0 aliphatic carbocycles. The van der Waals surface area contributed by atoms with E-state index in [1.165, 1.54) is 6.20 Å². The number of methoxy groups -OCH3 is 1. The van der Waals surface area contributed by atoms with Gasteiger partial charge in [0.05, 0.1) is 18.2 Å². The zero-order valence-electron chi connectivity index (χ0n) is 8.34. The maximum atomic E-state index is 9.96. The average molecular weight is 208 g/mol. The van der Waals surface area contributed by atoms with Crippen LogP contribution in [0.15, 0.2) is 36.7 Å². The van der Waals surface area contributed by atoms with Crippen LogP contribution in [0.4, 0.5) is 0 Å². The zero-order chi connectivity index (χ0) is 11.1. The Morgan fingerprint density at radius 3 is 2.67 bits per heavy atom. The summed E-state index contributed by atoms with van der Waals surface area (Å²) >= 11 is 0. The van der Waals surface area contributed by atoms with Crippen LogP contribution in [0.1, 0.15) is 5.56 Å². The van der Waals surface area contributed by atoms with Gasteiger partial charge in [-0.1, -0.05) is 12.1 Å². The summed E-state index contributed by atoms with van der Waals surface area (Å²) in [7, 11) is 1.60. The van der Waals surface area contributed by atoms with Crippen molar-refractivity contribution in [3.05, 3.63) is 52.3 Å². The van der Waals surface area contributed by atoms with E-state index in [0.717, 1.165) is 17.5 Å². The predicted molar refractivity (Wildman–Crippen MR) is 56.0 cm³/mol. The predicted octanol–water partition coefficient (Wildman–Crippen LogP) is 1.53. The van der Waals surface area contributed by atoms with Gasteiger partial charge in [-0.25, -0.2) is 0 Å². The molecule has 0 aliphatic heterocycles. The van der Waals surface area contributed by atoms with Crippen LogP contribution in [0, 0.1) is 10.1 Å². The van der Waals surface area contributed by atoms with Crippen molar-refractivity contribution >= 4 is 0 Å². The summed E-state index contributed by atoms with van der Waals surface area (Å²) in [5.41, 5.74) is 1.03. The molecule has 0 spiro atoms. The molecule has 0 heterocycles. The van der Waals surface area contributed by atoms with Crippen molar-refractivity contribution in [3.8, 4) is 5.75 Å². The van der Waals surface area contributed by atoms with E-state index in [2.05, 4.69) is 5.32 Å². The van der Waals surface area contributed by atoms with Crippen LogP contribution in [0.25, 0.3) is 0 Å². The molecule has 15 heavy (non-hydrogen) atoms. The standard InChI is InChI=1S/C10H12N2O3/c1-15-10-4-2-9(3-5-10)8-11-6-7-12(13)14/h2-7,11H,8H2,1H3. The first-order chi connectivity index (χ1) is 7.22. The van der Waals surface area contributed by atoms with Gasteiger partial charge in [-0.2, -0.15) is 0 Å². The summed E-state index contributed by atoms with van der Waals surface area (Å²) in [5.74, 6) is 0.791. The lowest BCUT2D eigenvalue weighted by Crippen LogP contribution is -2.05. The van der Waals surface area contributed by atoms with E-state index < -0.39 is 4.92 Å². The van der Waals surface area contributed by atoms with E-state index in [9.17, 15) is 10.1 Å². The molecule has 1 N–H and O–H groups in total. The number of nitrogens with one attached hydrogen (secondary N) is 1. The molecule has 5 heteroatoms. The van der Waals surface area contributed by atoms with Gasteiger partial charge in [0.2, 0.25) is 6.20 Å². The van der Waals surface area contributed by atoms with Crippen molar-refractivity contribution in [1.29, 1.82) is 0 Å². The molecule has 0 atom stereocenters. The quantitative estimate of drug-likeness (QED) is 0.588. The number of hydrogen-bond donors (Lipinski definition) is 1. The van der Waals surface area contributed by atoms with Gasteiger partial charge >= 0.3 is 0 Å². The topological polar surface area (TPSA) is 64.4 Å². The van der Waals surface area contributed by atoms with Crippen molar-refractivity contribution in [1.82, 2.24) is 5.32 Å². The van der Waals surface area contributed by atoms with E-state index in [4.69, 9.17) is 4.74 Å². The van der Waals surface area contributed by atoms with Gasteiger partial charge in [0.15, 0.2) is 0 Å². The van der Waals surface area contributed by atoms with E-state index in [-0.39, 0.29) is 0 Å². The number of benzene rings is 1. The van der Waals surface area contributed by atoms with E-state index in [0.29, 0.717) is 6.54 Å². The summed E-state index contributed by atoms with van der Waals surface area (Å²) < 4.78 is 5.00. The van der Waals surface area contributed by atoms with Gasteiger partial charge < -0.3 is 10.1 Å². The molecular formula is C10H12N2O3. The molecule has 0 aromatic heterocycles. The third-order valence-electron chi connectivity index (χ3n) is 1.78. The lowest BCUT2D eigenvalue weighted by molar-refractivity contribution is -0.402. The maximum absolute atomic E-state index is 9.96. The van der Waals surface area contributed by atoms with Crippen molar-refractivity contribution in [3.63, 3.8) is 0 Å². The van der Waals surface area contributed by atoms with Crippen LogP contribution in [0.5, 0.6) is 5.75 Å². The number of nitrogens with zero attached hydrogens (tertiary/aromatic N) is 1. The van der Waals surface area contributed by atoms with Gasteiger partial charge in [-0.15, -0.1) is 0 Å². The Morgan fingerprint density at radius 1 is 1.47 bits per heavy atom. The molecule has 0 fully saturated rings. The fraction of sp³-hybridized carbons (Fsp3) is 0.200. The highest BCUT2D eigenvalue weighted by Gasteiger charge is 1.92. The highest BCUT2D eigenvalue weighted by atomic mass is 16.6. The fourth-order valence-electron chi connectivity index (χ4n) is 1.03. The molecule has 1 rings (SSSR count). The van der Waals surface area contributed by atoms with Gasteiger partial charge in [0.1, 0.15) is 5.75 Å². The molecule has 5 nitrogen and oxygen atoms in total. The smallest absolute Gasteiger partial charge is 0.249 e. The van der Waals surface area contributed by atoms with Crippen LogP contribution in [0.2, 0.25) is 0 Å². The normalized spacial score (nSPS) is 10.2. The molecule has 0 amide bonds. The highest BCUT2D eigenvalue weighted by molar-refractivity contribution is 5.27. The Kier molecular flexibility index (Phi) is 4.15. The van der Waals surface area contributed by atoms with Crippen LogP contribution in [-0.4, -0.2) is 12.0 Å². The van der Waals surface area contributed by atoms with Gasteiger partial charge in [-0.3, -0.25) is 10.1 Å². The Hall–Kier alpha value is -2.04. The Morgan fingerprint density at radius 2 is 2.13 bits per heavy atom. The zero-order valence-corrected chi connectivity index (χ0v) is 8.34.